The molecule has 5 nitrogen and oxygen atoms in total. The van der Waals surface area contributed by atoms with Crippen LogP contribution in [0.25, 0.3) is 0 Å². The fourth-order valence-electron chi connectivity index (χ4n) is 2.58. The highest BCUT2D eigenvalue weighted by Crippen LogP contribution is 2.40. The summed E-state index contributed by atoms with van der Waals surface area (Å²) >= 11 is 0. The second-order valence-corrected chi connectivity index (χ2v) is 5.63. The zero-order chi connectivity index (χ0) is 14.7. The van der Waals surface area contributed by atoms with Gasteiger partial charge in [-0.2, -0.15) is 0 Å². The zero-order valence-corrected chi connectivity index (χ0v) is 12.7. The average molecular weight is 293 g/mol. The van der Waals surface area contributed by atoms with Gasteiger partial charge in [0.1, 0.15) is 6.10 Å². The van der Waals surface area contributed by atoms with E-state index in [0.717, 1.165) is 44.3 Å². The Kier molecular flexibility index (Phi) is 4.33. The molecule has 0 spiro atoms. The fourth-order valence-corrected chi connectivity index (χ4v) is 2.58. The van der Waals surface area contributed by atoms with Gasteiger partial charge in [-0.3, -0.25) is 4.90 Å². The molecular formula is C16H23NO4. The minimum Gasteiger partial charge on any atom is -0.446 e. The fraction of sp³-hybridized carbons (Fsp3) is 0.625. The molecule has 1 saturated heterocycles. The number of hydrogen-bond acceptors (Lipinski definition) is 5. The van der Waals surface area contributed by atoms with E-state index in [-0.39, 0.29) is 6.10 Å². The van der Waals surface area contributed by atoms with Gasteiger partial charge in [-0.05, 0) is 19.1 Å². The molecule has 0 amide bonds. The highest BCUT2D eigenvalue weighted by molar-refractivity contribution is 5.42. The van der Waals surface area contributed by atoms with Crippen LogP contribution < -0.4 is 9.47 Å². The molecule has 21 heavy (non-hydrogen) atoms. The maximum atomic E-state index is 5.93. The van der Waals surface area contributed by atoms with E-state index < -0.39 is 5.79 Å². The summed E-state index contributed by atoms with van der Waals surface area (Å²) in [6.45, 7) is 9.08. The maximum Gasteiger partial charge on any atom is 0.274 e. The lowest BCUT2D eigenvalue weighted by Gasteiger charge is -2.31. The third kappa shape index (κ3) is 3.31. The third-order valence-corrected chi connectivity index (χ3v) is 4.09. The number of morpholine rings is 1. The number of benzene rings is 1. The lowest BCUT2D eigenvalue weighted by Crippen LogP contribution is -2.48. The second-order valence-electron chi connectivity index (χ2n) is 5.63. The zero-order valence-electron chi connectivity index (χ0n) is 12.7. The van der Waals surface area contributed by atoms with Gasteiger partial charge in [-0.25, -0.2) is 0 Å². The normalized spacial score (nSPS) is 22.2. The first-order chi connectivity index (χ1) is 10.2. The molecule has 0 aromatic heterocycles. The van der Waals surface area contributed by atoms with Crippen molar-refractivity contribution in [1.29, 1.82) is 0 Å². The molecule has 5 heteroatoms. The van der Waals surface area contributed by atoms with Gasteiger partial charge in [-0.15, -0.1) is 0 Å². The van der Waals surface area contributed by atoms with Gasteiger partial charge in [0.2, 0.25) is 0 Å². The summed E-state index contributed by atoms with van der Waals surface area (Å²) in [4.78, 5) is 2.35. The van der Waals surface area contributed by atoms with Crippen LogP contribution in [0.1, 0.15) is 13.8 Å². The molecule has 2 heterocycles. The van der Waals surface area contributed by atoms with Gasteiger partial charge in [0, 0.05) is 26.6 Å². The van der Waals surface area contributed by atoms with Crippen LogP contribution in [0.3, 0.4) is 0 Å². The molecule has 0 bridgehead atoms. The second kappa shape index (κ2) is 6.22. The first-order valence-electron chi connectivity index (χ1n) is 7.56. The van der Waals surface area contributed by atoms with E-state index in [4.69, 9.17) is 18.9 Å². The number of fused-ring (bicyclic) bond motifs is 1. The van der Waals surface area contributed by atoms with Crippen LogP contribution in [0.2, 0.25) is 0 Å². The third-order valence-electron chi connectivity index (χ3n) is 4.09. The number of nitrogens with zero attached hydrogens (tertiary/aromatic N) is 1. The highest BCUT2D eigenvalue weighted by atomic mass is 16.8. The van der Waals surface area contributed by atoms with Crippen LogP contribution in [0.4, 0.5) is 0 Å². The Morgan fingerprint density at radius 1 is 1.19 bits per heavy atom. The average Bonchev–Trinajstić information content (AvgIpc) is 2.86. The van der Waals surface area contributed by atoms with Crippen molar-refractivity contribution in [3.63, 3.8) is 0 Å². The van der Waals surface area contributed by atoms with E-state index >= 15 is 0 Å². The van der Waals surface area contributed by atoms with E-state index in [0.29, 0.717) is 6.61 Å². The van der Waals surface area contributed by atoms with E-state index in [2.05, 4.69) is 4.90 Å². The molecular weight excluding hydrogens is 270 g/mol. The molecule has 1 aromatic carbocycles. The van der Waals surface area contributed by atoms with Gasteiger partial charge >= 0.3 is 0 Å². The maximum absolute atomic E-state index is 5.93. The first-order valence-corrected chi connectivity index (χ1v) is 7.56. The van der Waals surface area contributed by atoms with Crippen LogP contribution in [-0.4, -0.2) is 56.2 Å². The summed E-state index contributed by atoms with van der Waals surface area (Å²) in [5, 5.41) is 0. The predicted octanol–water partition coefficient (Wildman–Crippen LogP) is 1.91. The summed E-state index contributed by atoms with van der Waals surface area (Å²) in [6.07, 6.45) is -0.147. The number of para-hydroxylation sites is 2. The van der Waals surface area contributed by atoms with E-state index in [9.17, 15) is 0 Å². The topological polar surface area (TPSA) is 40.2 Å². The number of rotatable bonds is 5. The Morgan fingerprint density at radius 2 is 1.81 bits per heavy atom. The summed E-state index contributed by atoms with van der Waals surface area (Å²) < 4.78 is 23.1. The van der Waals surface area contributed by atoms with Crippen LogP contribution in [-0.2, 0) is 9.47 Å². The van der Waals surface area contributed by atoms with Crippen LogP contribution in [0.15, 0.2) is 24.3 Å². The molecule has 0 N–H and O–H groups in total. The summed E-state index contributed by atoms with van der Waals surface area (Å²) in [7, 11) is 0. The summed E-state index contributed by atoms with van der Waals surface area (Å²) in [6, 6.07) is 7.72. The molecule has 1 unspecified atom stereocenters. The molecule has 0 aliphatic carbocycles. The summed E-state index contributed by atoms with van der Waals surface area (Å²) in [5.41, 5.74) is 0. The van der Waals surface area contributed by atoms with E-state index in [1.807, 2.05) is 38.1 Å². The quantitative estimate of drug-likeness (QED) is 0.829. The molecule has 116 valence electrons. The van der Waals surface area contributed by atoms with Crippen molar-refractivity contribution in [1.82, 2.24) is 4.90 Å². The Bertz CT molecular complexity index is 448. The number of hydrogen-bond donors (Lipinski definition) is 0. The Morgan fingerprint density at radius 3 is 2.43 bits per heavy atom. The molecule has 1 atom stereocenters. The molecule has 0 saturated carbocycles. The smallest absolute Gasteiger partial charge is 0.274 e. The largest absolute Gasteiger partial charge is 0.446 e. The molecule has 1 aromatic rings. The molecule has 2 aliphatic rings. The summed E-state index contributed by atoms with van der Waals surface area (Å²) in [5.74, 6) is 0.807. The lowest BCUT2D eigenvalue weighted by molar-refractivity contribution is -0.164. The molecule has 0 radical (unpaired) electrons. The van der Waals surface area contributed by atoms with Crippen LogP contribution in [0, 0.1) is 0 Å². The first kappa shape index (κ1) is 14.6. The monoisotopic (exact) mass is 293 g/mol. The Labute approximate surface area is 125 Å². The van der Waals surface area contributed by atoms with Crippen molar-refractivity contribution in [3.8, 4) is 11.5 Å². The van der Waals surface area contributed by atoms with Crippen molar-refractivity contribution in [2.24, 2.45) is 0 Å². The van der Waals surface area contributed by atoms with Gasteiger partial charge in [0.25, 0.3) is 5.79 Å². The standard InChI is InChI=1S/C16H23NO4/c1-13(19-12-9-17-7-10-18-11-8-17)16(2)20-14-5-3-4-6-15(14)21-16/h3-6,13H,7-12H2,1-2H3. The lowest BCUT2D eigenvalue weighted by atomic mass is 10.2. The van der Waals surface area contributed by atoms with Crippen molar-refractivity contribution in [2.75, 3.05) is 39.5 Å². The van der Waals surface area contributed by atoms with Crippen molar-refractivity contribution >= 4 is 0 Å². The molecule has 2 aliphatic heterocycles. The SMILES string of the molecule is CC(OCCN1CCOCC1)C1(C)Oc2ccccc2O1. The predicted molar refractivity (Wildman–Crippen MR) is 78.8 cm³/mol. The minimum absolute atomic E-state index is 0.147. The molecule has 1 fully saturated rings. The van der Waals surface area contributed by atoms with Crippen molar-refractivity contribution in [3.05, 3.63) is 24.3 Å². The highest BCUT2D eigenvalue weighted by Gasteiger charge is 2.42. The van der Waals surface area contributed by atoms with E-state index in [1.165, 1.54) is 0 Å². The minimum atomic E-state index is -0.755. The van der Waals surface area contributed by atoms with Crippen LogP contribution >= 0.6 is 0 Å². The van der Waals surface area contributed by atoms with Gasteiger partial charge in [0.05, 0.1) is 19.8 Å². The van der Waals surface area contributed by atoms with Gasteiger partial charge in [-0.1, -0.05) is 12.1 Å². The van der Waals surface area contributed by atoms with Crippen molar-refractivity contribution in [2.45, 2.75) is 25.7 Å². The Hall–Kier alpha value is -1.30. The van der Waals surface area contributed by atoms with E-state index in [1.54, 1.807) is 0 Å². The van der Waals surface area contributed by atoms with Crippen molar-refractivity contribution < 1.29 is 18.9 Å². The van der Waals surface area contributed by atoms with Crippen LogP contribution in [0.5, 0.6) is 11.5 Å². The Balaban J connectivity index is 1.48. The molecule has 3 rings (SSSR count). The van der Waals surface area contributed by atoms with Gasteiger partial charge < -0.3 is 18.9 Å². The number of ether oxygens (including phenoxy) is 4. The van der Waals surface area contributed by atoms with Gasteiger partial charge in [0.15, 0.2) is 11.5 Å².